The first-order chi connectivity index (χ1) is 6.68. The summed E-state index contributed by atoms with van der Waals surface area (Å²) >= 11 is 5.83. The van der Waals surface area contributed by atoms with E-state index in [1.54, 1.807) is 0 Å². The van der Waals surface area contributed by atoms with Gasteiger partial charge in [-0.25, -0.2) is 4.39 Å². The van der Waals surface area contributed by atoms with Crippen LogP contribution in [0.1, 0.15) is 11.9 Å². The molecule has 1 aliphatic rings. The van der Waals surface area contributed by atoms with Crippen LogP contribution >= 0.6 is 11.6 Å². The molecule has 0 spiro atoms. The summed E-state index contributed by atoms with van der Waals surface area (Å²) < 4.78 is 23.4. The Hall–Kier alpha value is -0.840. The molecule has 0 bridgehead atoms. The van der Waals surface area contributed by atoms with E-state index in [1.807, 2.05) is 0 Å². The zero-order valence-electron chi connectivity index (χ0n) is 7.30. The molecular formula is C9H9ClFNO2. The third-order valence-electron chi connectivity index (χ3n) is 1.99. The lowest BCUT2D eigenvalue weighted by molar-refractivity contribution is -0.0440. The van der Waals surface area contributed by atoms with Crippen LogP contribution in [0.25, 0.3) is 0 Å². The highest BCUT2D eigenvalue weighted by Crippen LogP contribution is 2.32. The SMILES string of the molecule is Nc1cc(C2OCCO2)c(Cl)cc1F. The van der Waals surface area contributed by atoms with Gasteiger partial charge in [0.25, 0.3) is 0 Å². The van der Waals surface area contributed by atoms with Crippen molar-refractivity contribution >= 4 is 17.3 Å². The highest BCUT2D eigenvalue weighted by molar-refractivity contribution is 6.31. The summed E-state index contributed by atoms with van der Waals surface area (Å²) in [4.78, 5) is 0. The molecule has 2 N–H and O–H groups in total. The first kappa shape index (κ1) is 9.71. The molecule has 76 valence electrons. The molecule has 1 aromatic carbocycles. The van der Waals surface area contributed by atoms with Gasteiger partial charge in [-0.1, -0.05) is 11.6 Å². The van der Waals surface area contributed by atoms with Gasteiger partial charge in [0.1, 0.15) is 5.82 Å². The monoisotopic (exact) mass is 217 g/mol. The van der Waals surface area contributed by atoms with Crippen molar-refractivity contribution in [2.45, 2.75) is 6.29 Å². The molecule has 0 atom stereocenters. The Morgan fingerprint density at radius 1 is 1.36 bits per heavy atom. The van der Waals surface area contributed by atoms with Gasteiger partial charge in [-0.2, -0.15) is 0 Å². The van der Waals surface area contributed by atoms with Crippen LogP contribution in [0.5, 0.6) is 0 Å². The summed E-state index contributed by atoms with van der Waals surface area (Å²) in [6.07, 6.45) is -0.523. The Morgan fingerprint density at radius 3 is 2.64 bits per heavy atom. The first-order valence-corrected chi connectivity index (χ1v) is 4.54. The first-order valence-electron chi connectivity index (χ1n) is 4.16. The van der Waals surface area contributed by atoms with E-state index in [9.17, 15) is 4.39 Å². The van der Waals surface area contributed by atoms with Crippen LogP contribution in [-0.4, -0.2) is 13.2 Å². The lowest BCUT2D eigenvalue weighted by Gasteiger charge is -2.12. The summed E-state index contributed by atoms with van der Waals surface area (Å²) in [5.41, 5.74) is 6.03. The summed E-state index contributed by atoms with van der Waals surface area (Å²) in [5.74, 6) is -0.531. The molecule has 1 aliphatic heterocycles. The second kappa shape index (κ2) is 3.73. The van der Waals surface area contributed by atoms with Gasteiger partial charge in [-0.15, -0.1) is 0 Å². The molecule has 0 radical (unpaired) electrons. The van der Waals surface area contributed by atoms with E-state index in [0.717, 1.165) is 6.07 Å². The van der Waals surface area contributed by atoms with Crippen molar-refractivity contribution in [1.82, 2.24) is 0 Å². The lowest BCUT2D eigenvalue weighted by atomic mass is 10.2. The molecule has 1 fully saturated rings. The Bertz CT molecular complexity index is 353. The van der Waals surface area contributed by atoms with E-state index < -0.39 is 12.1 Å². The Labute approximate surface area is 85.6 Å². The third-order valence-corrected chi connectivity index (χ3v) is 2.32. The van der Waals surface area contributed by atoms with Gasteiger partial charge in [-0.05, 0) is 12.1 Å². The number of hydrogen-bond acceptors (Lipinski definition) is 3. The van der Waals surface area contributed by atoms with Crippen molar-refractivity contribution in [3.05, 3.63) is 28.5 Å². The van der Waals surface area contributed by atoms with Gasteiger partial charge in [0, 0.05) is 5.56 Å². The summed E-state index contributed by atoms with van der Waals surface area (Å²) in [6, 6.07) is 2.60. The molecule has 5 heteroatoms. The van der Waals surface area contributed by atoms with Gasteiger partial charge in [0.05, 0.1) is 23.9 Å². The molecule has 1 aromatic rings. The van der Waals surface area contributed by atoms with E-state index in [0.29, 0.717) is 18.8 Å². The predicted molar refractivity (Wildman–Crippen MR) is 50.5 cm³/mol. The maximum absolute atomic E-state index is 13.0. The zero-order chi connectivity index (χ0) is 10.1. The average Bonchev–Trinajstić information content (AvgIpc) is 2.64. The van der Waals surface area contributed by atoms with E-state index >= 15 is 0 Å². The number of rotatable bonds is 1. The van der Waals surface area contributed by atoms with E-state index in [1.165, 1.54) is 6.07 Å². The molecule has 3 nitrogen and oxygen atoms in total. The van der Waals surface area contributed by atoms with Crippen molar-refractivity contribution in [1.29, 1.82) is 0 Å². The van der Waals surface area contributed by atoms with Crippen molar-refractivity contribution in [3.8, 4) is 0 Å². The maximum atomic E-state index is 13.0. The smallest absolute Gasteiger partial charge is 0.185 e. The minimum Gasteiger partial charge on any atom is -0.396 e. The third kappa shape index (κ3) is 1.68. The van der Waals surface area contributed by atoms with Gasteiger partial charge >= 0.3 is 0 Å². The van der Waals surface area contributed by atoms with Gasteiger partial charge in [-0.3, -0.25) is 0 Å². The second-order valence-electron chi connectivity index (χ2n) is 2.97. The number of hydrogen-bond donors (Lipinski definition) is 1. The largest absolute Gasteiger partial charge is 0.396 e. The highest BCUT2D eigenvalue weighted by atomic mass is 35.5. The topological polar surface area (TPSA) is 44.5 Å². The fourth-order valence-electron chi connectivity index (χ4n) is 1.30. The molecule has 0 unspecified atom stereocenters. The Kier molecular flexibility index (Phi) is 2.58. The minimum atomic E-state index is -0.531. The number of halogens is 2. The van der Waals surface area contributed by atoms with Crippen LogP contribution in [-0.2, 0) is 9.47 Å². The summed E-state index contributed by atoms with van der Waals surface area (Å²) in [5, 5.41) is 0.267. The fraction of sp³-hybridized carbons (Fsp3) is 0.333. The van der Waals surface area contributed by atoms with Crippen molar-refractivity contribution in [2.24, 2.45) is 0 Å². The van der Waals surface area contributed by atoms with E-state index in [4.69, 9.17) is 26.8 Å². The van der Waals surface area contributed by atoms with Crippen LogP contribution in [0.15, 0.2) is 12.1 Å². The van der Waals surface area contributed by atoms with Crippen LogP contribution in [0.3, 0.4) is 0 Å². The molecule has 0 saturated carbocycles. The van der Waals surface area contributed by atoms with Crippen LogP contribution < -0.4 is 5.73 Å². The standard InChI is InChI=1S/C9H9ClFNO2/c10-6-4-7(11)8(12)3-5(6)9-13-1-2-14-9/h3-4,9H,1-2,12H2. The zero-order valence-corrected chi connectivity index (χ0v) is 8.05. The van der Waals surface area contributed by atoms with E-state index in [-0.39, 0.29) is 10.7 Å². The predicted octanol–water partition coefficient (Wildman–Crippen LogP) is 2.11. The number of nitrogens with two attached hydrogens (primary N) is 1. The summed E-state index contributed by atoms with van der Waals surface area (Å²) in [7, 11) is 0. The highest BCUT2D eigenvalue weighted by Gasteiger charge is 2.22. The number of anilines is 1. The average molecular weight is 218 g/mol. The van der Waals surface area contributed by atoms with Crippen LogP contribution in [0.2, 0.25) is 5.02 Å². The summed E-state index contributed by atoms with van der Waals surface area (Å²) in [6.45, 7) is 1.02. The molecule has 14 heavy (non-hydrogen) atoms. The molecule has 2 rings (SSSR count). The van der Waals surface area contributed by atoms with Gasteiger partial charge < -0.3 is 15.2 Å². The molecule has 1 heterocycles. The maximum Gasteiger partial charge on any atom is 0.185 e. The molecule has 0 amide bonds. The molecule has 0 aromatic heterocycles. The van der Waals surface area contributed by atoms with Crippen molar-refractivity contribution in [3.63, 3.8) is 0 Å². The Morgan fingerprint density at radius 2 is 2.00 bits per heavy atom. The molecule has 0 aliphatic carbocycles. The molecule has 1 saturated heterocycles. The fourth-order valence-corrected chi connectivity index (χ4v) is 1.54. The quantitative estimate of drug-likeness (QED) is 0.733. The van der Waals surface area contributed by atoms with Gasteiger partial charge in [0.15, 0.2) is 6.29 Å². The van der Waals surface area contributed by atoms with Crippen molar-refractivity contribution < 1.29 is 13.9 Å². The van der Waals surface area contributed by atoms with Crippen LogP contribution in [0.4, 0.5) is 10.1 Å². The number of benzene rings is 1. The van der Waals surface area contributed by atoms with Crippen LogP contribution in [0, 0.1) is 5.82 Å². The minimum absolute atomic E-state index is 0.0449. The number of nitrogen functional groups attached to an aromatic ring is 1. The molecular weight excluding hydrogens is 209 g/mol. The number of ether oxygens (including phenoxy) is 2. The van der Waals surface area contributed by atoms with Crippen molar-refractivity contribution in [2.75, 3.05) is 18.9 Å². The lowest BCUT2D eigenvalue weighted by Crippen LogP contribution is -2.02. The van der Waals surface area contributed by atoms with E-state index in [2.05, 4.69) is 0 Å². The van der Waals surface area contributed by atoms with Gasteiger partial charge in [0.2, 0.25) is 0 Å². The normalized spacial score (nSPS) is 17.6. The second-order valence-corrected chi connectivity index (χ2v) is 3.38. The Balaban J connectivity index is 2.37.